The van der Waals surface area contributed by atoms with Crippen LogP contribution in [0.4, 0.5) is 5.82 Å². The number of likely N-dealkylation sites (N-methyl/N-ethyl adjacent to an activating group) is 1. The molecule has 0 unspecified atom stereocenters. The summed E-state index contributed by atoms with van der Waals surface area (Å²) in [5, 5.41) is 11.7. The molecule has 37 heavy (non-hydrogen) atoms. The molecule has 0 bridgehead atoms. The van der Waals surface area contributed by atoms with E-state index in [9.17, 15) is 4.79 Å². The number of nitrogens with two attached hydrogens (primary N) is 1. The van der Waals surface area contributed by atoms with Gasteiger partial charge in [-0.25, -0.2) is 14.6 Å². The lowest BCUT2D eigenvalue weighted by Crippen LogP contribution is -2.47. The third-order valence-corrected chi connectivity index (χ3v) is 7.04. The van der Waals surface area contributed by atoms with Crippen molar-refractivity contribution < 1.29 is 9.53 Å². The maximum Gasteiger partial charge on any atom is 0.237 e. The molecule has 5 rings (SSSR count). The number of amides is 1. The lowest BCUT2D eigenvalue weighted by atomic mass is 9.91. The van der Waals surface area contributed by atoms with Gasteiger partial charge in [0.25, 0.3) is 0 Å². The van der Waals surface area contributed by atoms with E-state index in [1.165, 1.54) is 0 Å². The van der Waals surface area contributed by atoms with Crippen LogP contribution >= 0.6 is 0 Å². The zero-order valence-electron chi connectivity index (χ0n) is 21.2. The van der Waals surface area contributed by atoms with Gasteiger partial charge in [-0.3, -0.25) is 4.79 Å². The van der Waals surface area contributed by atoms with Crippen LogP contribution in [0.1, 0.15) is 45.1 Å². The number of carbonyl (C=O) groups is 1. The lowest BCUT2D eigenvalue weighted by Gasteiger charge is -2.30. The van der Waals surface area contributed by atoms with Crippen LogP contribution in [0.5, 0.6) is 11.5 Å². The number of hydrogen-bond acceptors (Lipinski definition) is 7. The lowest BCUT2D eigenvalue weighted by molar-refractivity contribution is -0.124. The third kappa shape index (κ3) is 5.41. The van der Waals surface area contributed by atoms with Crippen LogP contribution in [0.2, 0.25) is 0 Å². The van der Waals surface area contributed by atoms with Gasteiger partial charge in [0.05, 0.1) is 23.7 Å². The number of para-hydroxylation sites is 1. The fourth-order valence-corrected chi connectivity index (χ4v) is 4.93. The molecule has 1 atom stereocenters. The predicted octanol–water partition coefficient (Wildman–Crippen LogP) is 4.47. The number of fused-ring (bicyclic) bond motifs is 1. The number of nitrogens with zero attached hydrogens (tertiary/aromatic N) is 4. The van der Waals surface area contributed by atoms with Crippen LogP contribution in [0.25, 0.3) is 22.4 Å². The van der Waals surface area contributed by atoms with Crippen LogP contribution in [0.15, 0.2) is 60.8 Å². The van der Waals surface area contributed by atoms with Crippen molar-refractivity contribution in [1.82, 2.24) is 30.4 Å². The van der Waals surface area contributed by atoms with E-state index in [4.69, 9.17) is 15.5 Å². The van der Waals surface area contributed by atoms with Gasteiger partial charge in [-0.2, -0.15) is 5.10 Å². The molecule has 0 radical (unpaired) electrons. The van der Waals surface area contributed by atoms with Gasteiger partial charge in [-0.1, -0.05) is 25.1 Å². The number of rotatable bonds is 8. The van der Waals surface area contributed by atoms with Crippen molar-refractivity contribution in [3.05, 3.63) is 60.8 Å². The Morgan fingerprint density at radius 2 is 1.76 bits per heavy atom. The zero-order chi connectivity index (χ0) is 25.8. The summed E-state index contributed by atoms with van der Waals surface area (Å²) < 4.78 is 7.87. The van der Waals surface area contributed by atoms with E-state index in [2.05, 4.69) is 20.7 Å². The van der Waals surface area contributed by atoms with E-state index in [1.54, 1.807) is 6.20 Å². The second-order valence-electron chi connectivity index (χ2n) is 9.46. The fraction of sp³-hybridized carbons (Fsp3) is 0.357. The van der Waals surface area contributed by atoms with Gasteiger partial charge in [0.15, 0.2) is 11.5 Å². The average Bonchev–Trinajstić information content (AvgIpc) is 3.35. The normalized spacial score (nSPS) is 18.4. The first-order chi connectivity index (χ1) is 18.1. The minimum atomic E-state index is -0.148. The van der Waals surface area contributed by atoms with Gasteiger partial charge in [0.1, 0.15) is 17.3 Å². The molecule has 192 valence electrons. The average molecular weight is 500 g/mol. The largest absolute Gasteiger partial charge is 0.457 e. The molecular formula is C28H33N7O2. The van der Waals surface area contributed by atoms with Gasteiger partial charge < -0.3 is 21.1 Å². The molecule has 4 N–H and O–H groups in total. The van der Waals surface area contributed by atoms with Crippen molar-refractivity contribution in [3.8, 4) is 22.9 Å². The second-order valence-corrected chi connectivity index (χ2v) is 9.46. The Morgan fingerprint density at radius 3 is 2.43 bits per heavy atom. The Bertz CT molecular complexity index is 1340. The Balaban J connectivity index is 1.31. The molecule has 1 saturated carbocycles. The molecule has 9 heteroatoms. The number of anilines is 1. The summed E-state index contributed by atoms with van der Waals surface area (Å²) in [4.78, 5) is 21.8. The highest BCUT2D eigenvalue weighted by molar-refractivity contribution is 5.87. The van der Waals surface area contributed by atoms with Crippen LogP contribution in [0, 0.1) is 0 Å². The van der Waals surface area contributed by atoms with Crippen LogP contribution in [-0.4, -0.2) is 44.8 Å². The van der Waals surface area contributed by atoms with E-state index in [-0.39, 0.29) is 24.0 Å². The van der Waals surface area contributed by atoms with E-state index in [0.717, 1.165) is 60.2 Å². The molecule has 1 amide bonds. The number of nitrogen functional groups attached to an aromatic ring is 1. The van der Waals surface area contributed by atoms with Gasteiger partial charge in [-0.15, -0.1) is 0 Å². The quantitative estimate of drug-likeness (QED) is 0.327. The standard InChI is InChI=1S/C28H33N7O2/c1-3-24(30-2)28(36)32-19-11-13-20(14-12-19)35-27-23(17-31-35)25(29)33-26(34-27)18-9-15-22(16-10-18)37-21-7-5-4-6-8-21/h4-10,15-17,19-20,24,30H,3,11-14H2,1-2H3,(H,32,36)(H2,29,33,34)/t19?,20?,24-/m1/s1. The minimum absolute atomic E-state index is 0.0725. The van der Waals surface area contributed by atoms with Gasteiger partial charge in [-0.05, 0) is 75.5 Å². The van der Waals surface area contributed by atoms with Crippen molar-refractivity contribution >= 4 is 22.8 Å². The van der Waals surface area contributed by atoms with Crippen molar-refractivity contribution in [1.29, 1.82) is 0 Å². The van der Waals surface area contributed by atoms with E-state index in [1.807, 2.05) is 73.3 Å². The molecule has 2 aromatic heterocycles. The summed E-state index contributed by atoms with van der Waals surface area (Å²) in [6.45, 7) is 2.01. The number of ether oxygens (including phenoxy) is 1. The highest BCUT2D eigenvalue weighted by atomic mass is 16.5. The maximum atomic E-state index is 12.5. The minimum Gasteiger partial charge on any atom is -0.457 e. The van der Waals surface area contributed by atoms with E-state index >= 15 is 0 Å². The number of aromatic nitrogens is 4. The van der Waals surface area contributed by atoms with Gasteiger partial charge >= 0.3 is 0 Å². The van der Waals surface area contributed by atoms with Crippen molar-refractivity contribution in [2.45, 2.75) is 57.2 Å². The highest BCUT2D eigenvalue weighted by Crippen LogP contribution is 2.32. The number of nitrogens with one attached hydrogen (secondary N) is 2. The summed E-state index contributed by atoms with van der Waals surface area (Å²) in [7, 11) is 1.82. The van der Waals surface area contributed by atoms with Gasteiger partial charge in [0.2, 0.25) is 5.91 Å². The van der Waals surface area contributed by atoms with Gasteiger partial charge in [0, 0.05) is 11.6 Å². The summed E-state index contributed by atoms with van der Waals surface area (Å²) in [5.74, 6) is 2.55. The monoisotopic (exact) mass is 499 g/mol. The molecule has 1 aliphatic carbocycles. The molecule has 1 fully saturated rings. The predicted molar refractivity (Wildman–Crippen MR) is 144 cm³/mol. The fourth-order valence-electron chi connectivity index (χ4n) is 4.93. The van der Waals surface area contributed by atoms with Crippen LogP contribution < -0.4 is 21.1 Å². The summed E-state index contributed by atoms with van der Waals surface area (Å²) >= 11 is 0. The molecular weight excluding hydrogens is 466 g/mol. The molecule has 2 aromatic carbocycles. The Kier molecular flexibility index (Phi) is 7.32. The molecule has 9 nitrogen and oxygen atoms in total. The highest BCUT2D eigenvalue weighted by Gasteiger charge is 2.27. The Morgan fingerprint density at radius 1 is 1.05 bits per heavy atom. The number of benzene rings is 2. The number of carbonyl (C=O) groups excluding carboxylic acids is 1. The summed E-state index contributed by atoms with van der Waals surface area (Å²) in [6, 6.07) is 17.5. The van der Waals surface area contributed by atoms with Crippen molar-refractivity contribution in [3.63, 3.8) is 0 Å². The Labute approximate surface area is 216 Å². The summed E-state index contributed by atoms with van der Waals surface area (Å²) in [6.07, 6.45) is 6.12. The zero-order valence-corrected chi connectivity index (χ0v) is 21.2. The van der Waals surface area contributed by atoms with E-state index in [0.29, 0.717) is 11.6 Å². The van der Waals surface area contributed by atoms with E-state index < -0.39 is 0 Å². The molecule has 2 heterocycles. The molecule has 4 aromatic rings. The molecule has 1 aliphatic rings. The SMILES string of the molecule is CC[C@@H](NC)C(=O)NC1CCC(n2ncc3c(N)nc(-c4ccc(Oc5ccccc5)cc4)nc32)CC1. The second kappa shape index (κ2) is 11.0. The van der Waals surface area contributed by atoms with Crippen molar-refractivity contribution in [2.24, 2.45) is 0 Å². The van der Waals surface area contributed by atoms with Crippen molar-refractivity contribution in [2.75, 3.05) is 12.8 Å². The van der Waals surface area contributed by atoms with Crippen LogP contribution in [0.3, 0.4) is 0 Å². The first-order valence-corrected chi connectivity index (χ1v) is 12.9. The first kappa shape index (κ1) is 24.7. The molecule has 0 saturated heterocycles. The Hall–Kier alpha value is -3.98. The molecule has 0 spiro atoms. The topological polar surface area (TPSA) is 120 Å². The maximum absolute atomic E-state index is 12.5. The third-order valence-electron chi connectivity index (χ3n) is 7.04. The first-order valence-electron chi connectivity index (χ1n) is 12.9. The van der Waals surface area contributed by atoms with Crippen LogP contribution in [-0.2, 0) is 4.79 Å². The smallest absolute Gasteiger partial charge is 0.237 e. The summed E-state index contributed by atoms with van der Waals surface area (Å²) in [5.41, 5.74) is 7.91. The molecule has 0 aliphatic heterocycles. The number of hydrogen-bond donors (Lipinski definition) is 3.